The summed E-state index contributed by atoms with van der Waals surface area (Å²) in [6.07, 6.45) is -3.42. The van der Waals surface area contributed by atoms with Gasteiger partial charge in [-0.15, -0.1) is 0 Å². The molecule has 0 saturated carbocycles. The van der Waals surface area contributed by atoms with Crippen molar-refractivity contribution < 1.29 is 21.6 Å². The third-order valence-electron chi connectivity index (χ3n) is 2.25. The van der Waals surface area contributed by atoms with Crippen molar-refractivity contribution in [1.82, 2.24) is 0 Å². The predicted octanol–water partition coefficient (Wildman–Crippen LogP) is 3.20. The number of halogens is 4. The van der Waals surface area contributed by atoms with Gasteiger partial charge in [-0.2, -0.15) is 13.2 Å². The highest BCUT2D eigenvalue weighted by molar-refractivity contribution is 7.90. The number of anilines is 1. The Kier molecular flexibility index (Phi) is 4.73. The highest BCUT2D eigenvalue weighted by Gasteiger charge is 2.31. The molecule has 0 aromatic heterocycles. The molecule has 0 aliphatic carbocycles. The lowest BCUT2D eigenvalue weighted by molar-refractivity contribution is -0.137. The van der Waals surface area contributed by atoms with Crippen molar-refractivity contribution in [3.05, 3.63) is 28.8 Å². The van der Waals surface area contributed by atoms with Crippen molar-refractivity contribution >= 4 is 27.1 Å². The first kappa shape index (κ1) is 16.1. The van der Waals surface area contributed by atoms with Gasteiger partial charge < -0.3 is 5.32 Å². The number of rotatable bonds is 4. The maximum Gasteiger partial charge on any atom is 0.416 e. The predicted molar refractivity (Wildman–Crippen MR) is 69.2 cm³/mol. The van der Waals surface area contributed by atoms with Gasteiger partial charge in [0.2, 0.25) is 0 Å². The molecule has 19 heavy (non-hydrogen) atoms. The topological polar surface area (TPSA) is 46.2 Å². The highest BCUT2D eigenvalue weighted by atomic mass is 35.5. The monoisotopic (exact) mass is 315 g/mol. The second-order valence-electron chi connectivity index (χ2n) is 4.33. The van der Waals surface area contributed by atoms with Crippen molar-refractivity contribution in [3.8, 4) is 0 Å². The highest BCUT2D eigenvalue weighted by Crippen LogP contribution is 2.34. The van der Waals surface area contributed by atoms with Crippen molar-refractivity contribution in [2.75, 3.05) is 17.3 Å². The van der Waals surface area contributed by atoms with Crippen LogP contribution in [0.5, 0.6) is 0 Å². The van der Waals surface area contributed by atoms with Gasteiger partial charge in [-0.25, -0.2) is 8.42 Å². The molecule has 0 heterocycles. The molecule has 3 nitrogen and oxygen atoms in total. The number of alkyl halides is 3. The average molecular weight is 316 g/mol. The second kappa shape index (κ2) is 5.58. The summed E-state index contributed by atoms with van der Waals surface area (Å²) in [4.78, 5) is 0. The van der Waals surface area contributed by atoms with Crippen molar-refractivity contribution in [1.29, 1.82) is 0 Å². The third kappa shape index (κ3) is 5.28. The van der Waals surface area contributed by atoms with E-state index in [1.54, 1.807) is 6.92 Å². The Morgan fingerprint density at radius 2 is 1.95 bits per heavy atom. The summed E-state index contributed by atoms with van der Waals surface area (Å²) >= 11 is 5.78. The molecule has 1 unspecified atom stereocenters. The van der Waals surface area contributed by atoms with Crippen molar-refractivity contribution in [2.45, 2.75) is 19.1 Å². The molecule has 0 aliphatic rings. The summed E-state index contributed by atoms with van der Waals surface area (Å²) in [7, 11) is -3.22. The maximum atomic E-state index is 12.5. The van der Waals surface area contributed by atoms with E-state index in [2.05, 4.69) is 5.32 Å². The van der Waals surface area contributed by atoms with Gasteiger partial charge in [-0.1, -0.05) is 11.6 Å². The first-order valence-corrected chi connectivity index (χ1v) is 7.74. The van der Waals surface area contributed by atoms with E-state index in [0.717, 1.165) is 24.5 Å². The van der Waals surface area contributed by atoms with Crippen LogP contribution in [0, 0.1) is 0 Å². The van der Waals surface area contributed by atoms with Gasteiger partial charge in [0.05, 0.1) is 22.0 Å². The minimum absolute atomic E-state index is 0.0626. The first-order chi connectivity index (χ1) is 8.49. The summed E-state index contributed by atoms with van der Waals surface area (Å²) in [5.41, 5.74) is -0.779. The van der Waals surface area contributed by atoms with Gasteiger partial charge in [-0.05, 0) is 25.1 Å². The molecule has 1 aromatic carbocycles. The van der Waals surface area contributed by atoms with E-state index in [9.17, 15) is 21.6 Å². The van der Waals surface area contributed by atoms with E-state index in [1.807, 2.05) is 0 Å². The van der Waals surface area contributed by atoms with Crippen molar-refractivity contribution in [3.63, 3.8) is 0 Å². The standard InChI is InChI=1S/C11H13ClF3NO2S/c1-7(6-19(2,17)18)16-10-5-8(11(13,14)15)3-4-9(10)12/h3-5,7,16H,6H2,1-2H3. The molecule has 0 bridgehead atoms. The summed E-state index contributed by atoms with van der Waals surface area (Å²) in [5, 5.41) is 2.77. The molecule has 1 N–H and O–H groups in total. The summed E-state index contributed by atoms with van der Waals surface area (Å²) in [6, 6.07) is 2.31. The minimum atomic E-state index is -4.47. The van der Waals surface area contributed by atoms with Crippen LogP contribution in [0.3, 0.4) is 0 Å². The number of hydrogen-bond acceptors (Lipinski definition) is 3. The molecule has 0 spiro atoms. The van der Waals surface area contributed by atoms with Gasteiger partial charge in [0.1, 0.15) is 9.84 Å². The van der Waals surface area contributed by atoms with Crippen LogP contribution in [0.2, 0.25) is 5.02 Å². The van der Waals surface area contributed by atoms with Gasteiger partial charge in [-0.3, -0.25) is 0 Å². The van der Waals surface area contributed by atoms with Crippen LogP contribution < -0.4 is 5.32 Å². The van der Waals surface area contributed by atoms with Crippen LogP contribution in [0.1, 0.15) is 12.5 Å². The molecule has 0 aliphatic heterocycles. The lowest BCUT2D eigenvalue weighted by Gasteiger charge is -2.17. The maximum absolute atomic E-state index is 12.5. The molecule has 0 radical (unpaired) electrons. The zero-order chi connectivity index (χ0) is 14.8. The Hall–Kier alpha value is -0.950. The smallest absolute Gasteiger partial charge is 0.380 e. The number of hydrogen-bond donors (Lipinski definition) is 1. The largest absolute Gasteiger partial charge is 0.416 e. The van der Waals surface area contributed by atoms with E-state index >= 15 is 0 Å². The van der Waals surface area contributed by atoms with E-state index in [4.69, 9.17) is 11.6 Å². The fourth-order valence-corrected chi connectivity index (χ4v) is 2.74. The van der Waals surface area contributed by atoms with Crippen LogP contribution >= 0.6 is 11.6 Å². The van der Waals surface area contributed by atoms with Crippen LogP contribution in [-0.4, -0.2) is 26.5 Å². The quantitative estimate of drug-likeness (QED) is 0.928. The third-order valence-corrected chi connectivity index (χ3v) is 3.68. The van der Waals surface area contributed by atoms with E-state index in [1.165, 1.54) is 0 Å². The molecular weight excluding hydrogens is 303 g/mol. The number of nitrogens with one attached hydrogen (secondary N) is 1. The Labute approximate surface area is 114 Å². The van der Waals surface area contributed by atoms with Crippen LogP contribution in [-0.2, 0) is 16.0 Å². The Morgan fingerprint density at radius 3 is 2.42 bits per heavy atom. The van der Waals surface area contributed by atoms with E-state index < -0.39 is 27.6 Å². The van der Waals surface area contributed by atoms with Gasteiger partial charge in [0.15, 0.2) is 0 Å². The zero-order valence-corrected chi connectivity index (χ0v) is 11.8. The van der Waals surface area contributed by atoms with Crippen LogP contribution in [0.15, 0.2) is 18.2 Å². The van der Waals surface area contributed by atoms with Gasteiger partial charge in [0, 0.05) is 12.3 Å². The average Bonchev–Trinajstić information content (AvgIpc) is 2.16. The molecule has 1 aromatic rings. The number of benzene rings is 1. The lowest BCUT2D eigenvalue weighted by atomic mass is 10.2. The summed E-state index contributed by atoms with van der Waals surface area (Å²) in [5.74, 6) is -0.195. The summed E-state index contributed by atoms with van der Waals surface area (Å²) < 4.78 is 59.8. The molecule has 108 valence electrons. The van der Waals surface area contributed by atoms with E-state index in [-0.39, 0.29) is 16.5 Å². The molecule has 0 amide bonds. The minimum Gasteiger partial charge on any atom is -0.380 e. The SMILES string of the molecule is CC(CS(C)(=O)=O)Nc1cc(C(F)(F)F)ccc1Cl. The van der Waals surface area contributed by atoms with E-state index in [0.29, 0.717) is 0 Å². The molecule has 0 fully saturated rings. The van der Waals surface area contributed by atoms with Gasteiger partial charge in [0.25, 0.3) is 0 Å². The fraction of sp³-hybridized carbons (Fsp3) is 0.455. The molecule has 0 saturated heterocycles. The Morgan fingerprint density at radius 1 is 1.37 bits per heavy atom. The first-order valence-electron chi connectivity index (χ1n) is 5.30. The Bertz CT molecular complexity index is 558. The molecular formula is C11H13ClF3NO2S. The normalized spacial score (nSPS) is 14.2. The van der Waals surface area contributed by atoms with Crippen LogP contribution in [0.25, 0.3) is 0 Å². The Balaban J connectivity index is 2.95. The van der Waals surface area contributed by atoms with Gasteiger partial charge >= 0.3 is 6.18 Å². The fourth-order valence-electron chi connectivity index (χ4n) is 1.57. The van der Waals surface area contributed by atoms with Crippen LogP contribution in [0.4, 0.5) is 18.9 Å². The molecule has 1 rings (SSSR count). The lowest BCUT2D eigenvalue weighted by Crippen LogP contribution is -2.25. The zero-order valence-electron chi connectivity index (χ0n) is 10.3. The molecule has 8 heteroatoms. The van der Waals surface area contributed by atoms with Crippen molar-refractivity contribution in [2.24, 2.45) is 0 Å². The second-order valence-corrected chi connectivity index (χ2v) is 6.92. The number of sulfone groups is 1. The molecule has 1 atom stereocenters. The summed E-state index contributed by atoms with van der Waals surface area (Å²) in [6.45, 7) is 1.55.